The zero-order valence-electron chi connectivity index (χ0n) is 16.2. The van der Waals surface area contributed by atoms with Crippen molar-refractivity contribution in [2.45, 2.75) is 51.5 Å². The molecule has 3 rings (SSSR count). The molecular formula is C20H28N2O6. The number of aliphatic hydroxyl groups excluding tert-OH is 1. The van der Waals surface area contributed by atoms with E-state index in [0.29, 0.717) is 25.9 Å². The van der Waals surface area contributed by atoms with Gasteiger partial charge in [0.2, 0.25) is 5.91 Å². The van der Waals surface area contributed by atoms with Gasteiger partial charge in [0.15, 0.2) is 5.76 Å². The van der Waals surface area contributed by atoms with Gasteiger partial charge in [-0.2, -0.15) is 0 Å². The molecule has 0 radical (unpaired) electrons. The molecule has 154 valence electrons. The first-order valence-electron chi connectivity index (χ1n) is 9.85. The second-order valence-corrected chi connectivity index (χ2v) is 8.20. The van der Waals surface area contributed by atoms with Crippen LogP contribution in [0.1, 0.15) is 56.0 Å². The summed E-state index contributed by atoms with van der Waals surface area (Å²) in [6.45, 7) is 3.05. The highest BCUT2D eigenvalue weighted by Crippen LogP contribution is 2.41. The maximum Gasteiger partial charge on any atom is 0.340 e. The molecule has 28 heavy (non-hydrogen) atoms. The summed E-state index contributed by atoms with van der Waals surface area (Å²) in [5, 5.41) is 19.0. The second-order valence-electron chi connectivity index (χ2n) is 8.20. The van der Waals surface area contributed by atoms with Crippen molar-refractivity contribution in [1.82, 2.24) is 9.80 Å². The lowest BCUT2D eigenvalue weighted by Crippen LogP contribution is -2.57. The van der Waals surface area contributed by atoms with Crippen LogP contribution in [0.3, 0.4) is 0 Å². The largest absolute Gasteiger partial charge is 0.508 e. The van der Waals surface area contributed by atoms with E-state index >= 15 is 0 Å². The quantitative estimate of drug-likeness (QED) is 0.782. The summed E-state index contributed by atoms with van der Waals surface area (Å²) in [7, 11) is 0. The molecule has 1 unspecified atom stereocenters. The molecule has 8 heteroatoms. The Kier molecular flexibility index (Phi) is 6.07. The van der Waals surface area contributed by atoms with Gasteiger partial charge in [-0.1, -0.05) is 19.8 Å². The number of amides is 2. The Hall–Kier alpha value is -2.35. The van der Waals surface area contributed by atoms with E-state index in [1.807, 2.05) is 0 Å². The van der Waals surface area contributed by atoms with Crippen LogP contribution >= 0.6 is 0 Å². The van der Waals surface area contributed by atoms with Crippen LogP contribution in [0, 0.1) is 5.41 Å². The molecule has 2 fully saturated rings. The average Bonchev–Trinajstić information content (AvgIpc) is 3.06. The van der Waals surface area contributed by atoms with Gasteiger partial charge in [-0.25, -0.2) is 4.79 Å². The number of carbonyl (C=O) groups excluding carboxylic acids is 2. The highest BCUT2D eigenvalue weighted by Gasteiger charge is 2.37. The lowest BCUT2D eigenvalue weighted by Gasteiger charge is -2.42. The minimum absolute atomic E-state index is 0.0570. The van der Waals surface area contributed by atoms with E-state index in [1.165, 1.54) is 4.90 Å². The van der Waals surface area contributed by atoms with Gasteiger partial charge in [0.1, 0.15) is 5.75 Å². The molecule has 0 aromatic carbocycles. The third-order valence-corrected chi connectivity index (χ3v) is 5.91. The lowest BCUT2D eigenvalue weighted by molar-refractivity contribution is -0.136. The standard InChI is InChI=1S/C20H28N2O6/c1-20(5-2-3-6-20)12-17(25)21-7-8-22(14(13-21)4-9-23)19(27)16-10-15(24)11-18(26)28-16/h10-11,14,23-24H,2-9,12-13H2,1H3. The van der Waals surface area contributed by atoms with E-state index in [0.717, 1.165) is 37.8 Å². The van der Waals surface area contributed by atoms with Gasteiger partial charge in [0, 0.05) is 38.7 Å². The predicted octanol–water partition coefficient (Wildman–Crippen LogP) is 1.35. The third-order valence-electron chi connectivity index (χ3n) is 5.91. The predicted molar refractivity (Wildman–Crippen MR) is 101 cm³/mol. The van der Waals surface area contributed by atoms with E-state index in [-0.39, 0.29) is 42.0 Å². The van der Waals surface area contributed by atoms with Crippen molar-refractivity contribution < 1.29 is 24.2 Å². The van der Waals surface area contributed by atoms with Crippen molar-refractivity contribution in [3.63, 3.8) is 0 Å². The van der Waals surface area contributed by atoms with Crippen LogP contribution in [0.4, 0.5) is 0 Å². The Bertz CT molecular complexity index is 783. The van der Waals surface area contributed by atoms with Gasteiger partial charge < -0.3 is 24.4 Å². The van der Waals surface area contributed by atoms with Crippen LogP contribution in [-0.4, -0.2) is 64.1 Å². The first-order valence-corrected chi connectivity index (χ1v) is 9.85. The molecule has 8 nitrogen and oxygen atoms in total. The number of piperazine rings is 1. The lowest BCUT2D eigenvalue weighted by atomic mass is 9.84. The Morgan fingerprint density at radius 1 is 1.25 bits per heavy atom. The summed E-state index contributed by atoms with van der Waals surface area (Å²) in [5.74, 6) is -1.02. The van der Waals surface area contributed by atoms with E-state index in [2.05, 4.69) is 6.92 Å². The van der Waals surface area contributed by atoms with E-state index < -0.39 is 11.5 Å². The highest BCUT2D eigenvalue weighted by atomic mass is 16.4. The van der Waals surface area contributed by atoms with Crippen LogP contribution in [0.5, 0.6) is 5.75 Å². The van der Waals surface area contributed by atoms with Crippen molar-refractivity contribution in [3.8, 4) is 5.75 Å². The molecule has 1 atom stereocenters. The fourth-order valence-electron chi connectivity index (χ4n) is 4.34. The zero-order chi connectivity index (χ0) is 20.3. The number of hydrogen-bond donors (Lipinski definition) is 2. The molecule has 1 aromatic rings. The van der Waals surface area contributed by atoms with Gasteiger partial charge in [0.05, 0.1) is 12.1 Å². The minimum atomic E-state index is -0.805. The van der Waals surface area contributed by atoms with Crippen LogP contribution in [0.15, 0.2) is 21.3 Å². The van der Waals surface area contributed by atoms with Crippen LogP contribution in [-0.2, 0) is 4.79 Å². The van der Waals surface area contributed by atoms with E-state index in [1.54, 1.807) is 4.90 Å². The Balaban J connectivity index is 1.70. The topological polar surface area (TPSA) is 111 Å². The molecule has 2 amide bonds. The fraction of sp³-hybridized carbons (Fsp3) is 0.650. The van der Waals surface area contributed by atoms with Crippen LogP contribution in [0.25, 0.3) is 0 Å². The first-order chi connectivity index (χ1) is 13.3. The Morgan fingerprint density at radius 3 is 2.61 bits per heavy atom. The van der Waals surface area contributed by atoms with Gasteiger partial charge in [-0.15, -0.1) is 0 Å². The third kappa shape index (κ3) is 4.55. The molecule has 1 aliphatic heterocycles. The zero-order valence-corrected chi connectivity index (χ0v) is 16.2. The van der Waals surface area contributed by atoms with Gasteiger partial charge >= 0.3 is 5.63 Å². The summed E-state index contributed by atoms with van der Waals surface area (Å²) < 4.78 is 4.93. The van der Waals surface area contributed by atoms with Crippen LogP contribution in [0.2, 0.25) is 0 Å². The molecule has 2 aliphatic rings. The van der Waals surface area contributed by atoms with Crippen molar-refractivity contribution in [2.24, 2.45) is 5.41 Å². The average molecular weight is 392 g/mol. The molecule has 2 N–H and O–H groups in total. The summed E-state index contributed by atoms with van der Waals surface area (Å²) in [6, 6.07) is 1.62. The molecule has 1 aromatic heterocycles. The summed E-state index contributed by atoms with van der Waals surface area (Å²) in [5.41, 5.74) is -0.748. The maximum absolute atomic E-state index is 12.8. The van der Waals surface area contributed by atoms with Crippen molar-refractivity contribution in [3.05, 3.63) is 28.3 Å². The molecule has 2 heterocycles. The van der Waals surface area contributed by atoms with Gasteiger partial charge in [-0.3, -0.25) is 9.59 Å². The normalized spacial score (nSPS) is 21.7. The van der Waals surface area contributed by atoms with Crippen molar-refractivity contribution in [2.75, 3.05) is 26.2 Å². The van der Waals surface area contributed by atoms with Crippen LogP contribution < -0.4 is 5.63 Å². The SMILES string of the molecule is CC1(CC(=O)N2CCN(C(=O)c3cc(O)cc(=O)o3)C(CCO)C2)CCCC1. The highest BCUT2D eigenvalue weighted by molar-refractivity contribution is 5.92. The summed E-state index contributed by atoms with van der Waals surface area (Å²) in [6.07, 6.45) is 5.27. The fourth-order valence-corrected chi connectivity index (χ4v) is 4.34. The minimum Gasteiger partial charge on any atom is -0.508 e. The van der Waals surface area contributed by atoms with E-state index in [9.17, 15) is 24.6 Å². The summed E-state index contributed by atoms with van der Waals surface area (Å²) in [4.78, 5) is 40.3. The Morgan fingerprint density at radius 2 is 1.96 bits per heavy atom. The smallest absolute Gasteiger partial charge is 0.340 e. The number of rotatable bonds is 5. The molecular weight excluding hydrogens is 364 g/mol. The molecule has 1 aliphatic carbocycles. The number of aliphatic hydroxyl groups is 1. The Labute approximate surface area is 163 Å². The van der Waals surface area contributed by atoms with Crippen molar-refractivity contribution >= 4 is 11.8 Å². The molecule has 1 saturated heterocycles. The molecule has 0 bridgehead atoms. The van der Waals surface area contributed by atoms with Gasteiger partial charge in [-0.05, 0) is 24.7 Å². The van der Waals surface area contributed by atoms with Gasteiger partial charge in [0.25, 0.3) is 5.91 Å². The summed E-state index contributed by atoms with van der Waals surface area (Å²) >= 11 is 0. The first kappa shape index (κ1) is 20.4. The maximum atomic E-state index is 12.8. The van der Waals surface area contributed by atoms with Crippen molar-refractivity contribution in [1.29, 1.82) is 0 Å². The molecule has 1 saturated carbocycles. The number of carbonyl (C=O) groups is 2. The monoisotopic (exact) mass is 392 g/mol. The van der Waals surface area contributed by atoms with E-state index in [4.69, 9.17) is 4.42 Å². The second kappa shape index (κ2) is 8.34. The number of hydrogen-bond acceptors (Lipinski definition) is 6. The molecule has 0 spiro atoms. The number of aromatic hydroxyl groups is 1. The number of nitrogens with zero attached hydrogens (tertiary/aromatic N) is 2.